The summed E-state index contributed by atoms with van der Waals surface area (Å²) in [4.78, 5) is 2.56. The molecule has 1 fully saturated rings. The minimum absolute atomic E-state index is 0.0765. The lowest BCUT2D eigenvalue weighted by molar-refractivity contribution is -0.137. The lowest BCUT2D eigenvalue weighted by Gasteiger charge is -2.34. The number of thioether (sulfide) groups is 1. The van der Waals surface area contributed by atoms with Gasteiger partial charge in [-0.1, -0.05) is 37.3 Å². The van der Waals surface area contributed by atoms with Crippen LogP contribution in [0.15, 0.2) is 76.4 Å². The highest BCUT2D eigenvalue weighted by molar-refractivity contribution is 8.00. The van der Waals surface area contributed by atoms with Gasteiger partial charge in [0.25, 0.3) is 0 Å². The number of allylic oxidation sites excluding steroid dienone is 7. The van der Waals surface area contributed by atoms with Crippen molar-refractivity contribution in [3.8, 4) is 0 Å². The van der Waals surface area contributed by atoms with Crippen molar-refractivity contribution in [2.45, 2.75) is 62.0 Å². The van der Waals surface area contributed by atoms with Gasteiger partial charge >= 0.3 is 12.4 Å². The lowest BCUT2D eigenvalue weighted by atomic mass is 10.0. The topological polar surface area (TPSA) is 3.24 Å². The molecule has 1 aliphatic heterocycles. The van der Waals surface area contributed by atoms with E-state index in [1.165, 1.54) is 23.9 Å². The van der Waals surface area contributed by atoms with Gasteiger partial charge in [0, 0.05) is 29.4 Å². The van der Waals surface area contributed by atoms with Crippen molar-refractivity contribution in [3.05, 3.63) is 77.1 Å². The Balaban J connectivity index is 2.31. The van der Waals surface area contributed by atoms with Gasteiger partial charge < -0.3 is 4.90 Å². The van der Waals surface area contributed by atoms with E-state index in [1.807, 2.05) is 18.0 Å². The van der Waals surface area contributed by atoms with E-state index in [0.29, 0.717) is 16.9 Å². The molecule has 33 heavy (non-hydrogen) atoms. The van der Waals surface area contributed by atoms with E-state index in [2.05, 4.69) is 0 Å². The quantitative estimate of drug-likeness (QED) is 0.279. The second kappa shape index (κ2) is 11.9. The monoisotopic (exact) mass is 489 g/mol. The molecule has 0 N–H and O–H groups in total. The van der Waals surface area contributed by atoms with Crippen LogP contribution in [0.1, 0.15) is 45.1 Å². The predicted molar refractivity (Wildman–Crippen MR) is 123 cm³/mol. The van der Waals surface area contributed by atoms with Gasteiger partial charge in [-0.2, -0.15) is 26.3 Å². The molecule has 1 nitrogen and oxygen atoms in total. The van der Waals surface area contributed by atoms with Crippen molar-refractivity contribution in [2.75, 3.05) is 13.6 Å². The van der Waals surface area contributed by atoms with Gasteiger partial charge in [0.05, 0.1) is 11.1 Å². The van der Waals surface area contributed by atoms with E-state index < -0.39 is 23.5 Å². The molecule has 0 spiro atoms. The minimum atomic E-state index is -4.43. The van der Waals surface area contributed by atoms with Crippen LogP contribution in [0.25, 0.3) is 0 Å². The third-order valence-electron chi connectivity index (χ3n) is 5.19. The summed E-state index contributed by atoms with van der Waals surface area (Å²) >= 11 is 1.36. The van der Waals surface area contributed by atoms with Crippen molar-refractivity contribution < 1.29 is 26.3 Å². The maximum Gasteiger partial charge on any atom is 0.416 e. The summed E-state index contributed by atoms with van der Waals surface area (Å²) in [6.07, 6.45) is 0.974. The fourth-order valence-electron chi connectivity index (χ4n) is 3.64. The maximum absolute atomic E-state index is 13.3. The number of alkyl halides is 6. The Morgan fingerprint density at radius 3 is 2.52 bits per heavy atom. The van der Waals surface area contributed by atoms with Gasteiger partial charge in [-0.25, -0.2) is 0 Å². The summed E-state index contributed by atoms with van der Waals surface area (Å²) in [5.41, 5.74) is 0.0715. The number of hydrogen-bond donors (Lipinski definition) is 0. The first kappa shape index (κ1) is 27.2. The molecule has 182 valence electrons. The van der Waals surface area contributed by atoms with Crippen LogP contribution in [0.5, 0.6) is 0 Å². The number of piperidine rings is 1. The van der Waals surface area contributed by atoms with Gasteiger partial charge in [0.1, 0.15) is 0 Å². The SMILES string of the molecule is C\C=C/C(=C\C(=C\CC)C(F)(F)F)C/C=C1/C(Sc2cccc(C(F)(F)F)c2)CCCN1C. The van der Waals surface area contributed by atoms with E-state index in [0.717, 1.165) is 43.3 Å². The van der Waals surface area contributed by atoms with E-state index >= 15 is 0 Å². The van der Waals surface area contributed by atoms with Gasteiger partial charge in [-0.3, -0.25) is 0 Å². The molecule has 8 heteroatoms. The van der Waals surface area contributed by atoms with E-state index in [1.54, 1.807) is 32.1 Å². The smallest absolute Gasteiger partial charge is 0.377 e. The molecule has 0 bridgehead atoms. The van der Waals surface area contributed by atoms with Crippen molar-refractivity contribution in [3.63, 3.8) is 0 Å². The zero-order chi connectivity index (χ0) is 24.6. The first-order valence-electron chi connectivity index (χ1n) is 10.8. The molecule has 0 aromatic heterocycles. The Bertz CT molecular complexity index is 908. The summed E-state index contributed by atoms with van der Waals surface area (Å²) in [6, 6.07) is 5.24. The van der Waals surface area contributed by atoms with E-state index in [4.69, 9.17) is 0 Å². The van der Waals surface area contributed by atoms with Gasteiger partial charge in [0.2, 0.25) is 0 Å². The zero-order valence-electron chi connectivity index (χ0n) is 18.9. The molecule has 0 aliphatic carbocycles. The van der Waals surface area contributed by atoms with Crippen LogP contribution in [-0.2, 0) is 6.18 Å². The Labute approximate surface area is 195 Å². The number of benzene rings is 1. The highest BCUT2D eigenvalue weighted by Crippen LogP contribution is 2.38. The normalized spacial score (nSPS) is 20.2. The number of halogens is 6. The second-order valence-corrected chi connectivity index (χ2v) is 9.09. The Hall–Kier alpha value is -2.09. The fourth-order valence-corrected chi connectivity index (χ4v) is 5.00. The molecule has 1 saturated heterocycles. The summed E-state index contributed by atoms with van der Waals surface area (Å²) in [5.74, 6) is 0. The molecule has 2 rings (SSSR count). The van der Waals surface area contributed by atoms with Crippen molar-refractivity contribution in [1.29, 1.82) is 0 Å². The fraction of sp³-hybridized carbons (Fsp3) is 0.440. The van der Waals surface area contributed by atoms with Crippen molar-refractivity contribution >= 4 is 11.8 Å². The number of nitrogens with zero attached hydrogens (tertiary/aromatic N) is 1. The summed E-state index contributed by atoms with van der Waals surface area (Å²) in [7, 11) is 1.90. The molecule has 1 aromatic rings. The Kier molecular flexibility index (Phi) is 9.76. The second-order valence-electron chi connectivity index (χ2n) is 7.81. The van der Waals surface area contributed by atoms with Crippen molar-refractivity contribution in [1.82, 2.24) is 4.90 Å². The average Bonchev–Trinajstić information content (AvgIpc) is 2.72. The Morgan fingerprint density at radius 2 is 1.91 bits per heavy atom. The van der Waals surface area contributed by atoms with Crippen LogP contribution < -0.4 is 0 Å². The van der Waals surface area contributed by atoms with E-state index in [-0.39, 0.29) is 11.7 Å². The van der Waals surface area contributed by atoms with Crippen LogP contribution >= 0.6 is 11.8 Å². The van der Waals surface area contributed by atoms with Crippen LogP contribution in [0.2, 0.25) is 0 Å². The predicted octanol–water partition coefficient (Wildman–Crippen LogP) is 8.57. The maximum atomic E-state index is 13.3. The molecule has 0 saturated carbocycles. The minimum Gasteiger partial charge on any atom is -0.377 e. The van der Waals surface area contributed by atoms with Crippen molar-refractivity contribution in [2.24, 2.45) is 0 Å². The average molecular weight is 490 g/mol. The third kappa shape index (κ3) is 8.32. The van der Waals surface area contributed by atoms with Crippen LogP contribution in [-0.4, -0.2) is 29.9 Å². The first-order valence-corrected chi connectivity index (χ1v) is 11.7. The number of hydrogen-bond acceptors (Lipinski definition) is 2. The standard InChI is InChI=1S/C25H29F6NS/c1-4-8-18(16-19(9-5-2)24(26,27)28)13-14-22-23(12-7-15-32(22)3)33-21-11-6-10-20(17-21)25(29,30)31/h4,6,8-11,14,16-17,23H,5,7,12-13,15H2,1-3H3/b8-4-,18-16+,19-9-,22-14-. The van der Waals surface area contributed by atoms with Gasteiger partial charge in [-0.15, -0.1) is 11.8 Å². The van der Waals surface area contributed by atoms with Crippen LogP contribution in [0, 0.1) is 0 Å². The highest BCUT2D eigenvalue weighted by atomic mass is 32.2. The van der Waals surface area contributed by atoms with Crippen LogP contribution in [0.4, 0.5) is 26.3 Å². The lowest BCUT2D eigenvalue weighted by Crippen LogP contribution is -2.31. The molecule has 0 radical (unpaired) electrons. The molecule has 1 aromatic carbocycles. The zero-order valence-corrected chi connectivity index (χ0v) is 19.7. The Morgan fingerprint density at radius 1 is 1.18 bits per heavy atom. The third-order valence-corrected chi connectivity index (χ3v) is 6.48. The largest absolute Gasteiger partial charge is 0.416 e. The first-order chi connectivity index (χ1) is 15.5. The molecule has 0 amide bonds. The summed E-state index contributed by atoms with van der Waals surface area (Å²) in [5, 5.41) is -0.0765. The van der Waals surface area contributed by atoms with Gasteiger partial charge in [0.15, 0.2) is 0 Å². The van der Waals surface area contributed by atoms with Gasteiger partial charge in [-0.05, 0) is 62.5 Å². The number of rotatable bonds is 7. The molecule has 1 unspecified atom stereocenters. The highest BCUT2D eigenvalue weighted by Gasteiger charge is 2.32. The summed E-state index contributed by atoms with van der Waals surface area (Å²) < 4.78 is 79.3. The number of likely N-dealkylation sites (tertiary alicyclic amines) is 1. The molecular formula is C25H29F6NS. The van der Waals surface area contributed by atoms with Crippen LogP contribution in [0.3, 0.4) is 0 Å². The van der Waals surface area contributed by atoms with E-state index in [9.17, 15) is 26.3 Å². The molecule has 1 heterocycles. The molecular weight excluding hydrogens is 460 g/mol. The molecule has 1 aliphatic rings. The summed E-state index contributed by atoms with van der Waals surface area (Å²) in [6.45, 7) is 4.19. The molecule has 1 atom stereocenters.